The van der Waals surface area contributed by atoms with Crippen molar-refractivity contribution < 1.29 is 0 Å². The Morgan fingerprint density at radius 1 is 1.42 bits per heavy atom. The maximum atomic E-state index is 3.59. The quantitative estimate of drug-likeness (QED) is 0.712. The fourth-order valence-electron chi connectivity index (χ4n) is 1.43. The van der Waals surface area contributed by atoms with Gasteiger partial charge in [-0.2, -0.15) is 11.8 Å². The summed E-state index contributed by atoms with van der Waals surface area (Å²) in [5, 5.41) is 3.59. The summed E-state index contributed by atoms with van der Waals surface area (Å²) >= 11 is 2.08. The zero-order valence-corrected chi connectivity index (χ0v) is 8.99. The largest absolute Gasteiger partial charge is 0.313 e. The average molecular weight is 188 g/mol. The summed E-state index contributed by atoms with van der Waals surface area (Å²) in [4.78, 5) is 2.26. The molecule has 1 aliphatic rings. The Kier molecular flexibility index (Phi) is 5.04. The van der Waals surface area contributed by atoms with Crippen LogP contribution in [0.5, 0.6) is 0 Å². The Hall–Kier alpha value is 0.270. The standard InChI is InChI=1S/C9H20N2S/c1-11(2)6-3-9-4-7-12-8-5-10-9/h9-10H,3-8H2,1-2H3. The van der Waals surface area contributed by atoms with Crippen molar-refractivity contribution in [3.05, 3.63) is 0 Å². The predicted molar refractivity (Wildman–Crippen MR) is 56.9 cm³/mol. The molecule has 0 bridgehead atoms. The van der Waals surface area contributed by atoms with Gasteiger partial charge in [0.05, 0.1) is 0 Å². The summed E-state index contributed by atoms with van der Waals surface area (Å²) in [6.07, 6.45) is 2.64. The zero-order valence-electron chi connectivity index (χ0n) is 8.18. The first-order chi connectivity index (χ1) is 5.79. The smallest absolute Gasteiger partial charge is 0.00874 e. The molecule has 0 aromatic heterocycles. The second-order valence-electron chi connectivity index (χ2n) is 3.64. The Labute approximate surface area is 80.1 Å². The van der Waals surface area contributed by atoms with Crippen LogP contribution in [0.2, 0.25) is 0 Å². The van der Waals surface area contributed by atoms with Crippen LogP contribution in [0.1, 0.15) is 12.8 Å². The van der Waals surface area contributed by atoms with Gasteiger partial charge in [0.25, 0.3) is 0 Å². The number of thioether (sulfide) groups is 1. The zero-order chi connectivity index (χ0) is 8.81. The third-order valence-electron chi connectivity index (χ3n) is 2.21. The highest BCUT2D eigenvalue weighted by Crippen LogP contribution is 2.10. The van der Waals surface area contributed by atoms with Gasteiger partial charge in [0.1, 0.15) is 0 Å². The minimum Gasteiger partial charge on any atom is -0.313 e. The molecule has 0 aromatic rings. The highest BCUT2D eigenvalue weighted by Gasteiger charge is 2.10. The molecule has 12 heavy (non-hydrogen) atoms. The molecule has 0 aromatic carbocycles. The number of hydrogen-bond donors (Lipinski definition) is 1. The Balaban J connectivity index is 2.12. The van der Waals surface area contributed by atoms with E-state index in [0.717, 1.165) is 6.04 Å². The van der Waals surface area contributed by atoms with Crippen molar-refractivity contribution in [2.75, 3.05) is 38.7 Å². The molecule has 1 heterocycles. The molecule has 1 saturated heterocycles. The van der Waals surface area contributed by atoms with Crippen molar-refractivity contribution in [3.8, 4) is 0 Å². The van der Waals surface area contributed by atoms with Crippen LogP contribution < -0.4 is 5.32 Å². The normalized spacial score (nSPS) is 25.8. The lowest BCUT2D eigenvalue weighted by molar-refractivity contribution is 0.358. The van der Waals surface area contributed by atoms with Gasteiger partial charge in [-0.05, 0) is 39.2 Å². The van der Waals surface area contributed by atoms with Crippen LogP contribution in [0.25, 0.3) is 0 Å². The molecule has 2 nitrogen and oxygen atoms in total. The molecule has 1 aliphatic heterocycles. The van der Waals surface area contributed by atoms with Crippen molar-refractivity contribution in [2.24, 2.45) is 0 Å². The van der Waals surface area contributed by atoms with Crippen molar-refractivity contribution in [1.29, 1.82) is 0 Å². The van der Waals surface area contributed by atoms with Gasteiger partial charge in [-0.3, -0.25) is 0 Å². The van der Waals surface area contributed by atoms with Crippen LogP contribution in [0.3, 0.4) is 0 Å². The van der Waals surface area contributed by atoms with Gasteiger partial charge in [0, 0.05) is 18.3 Å². The van der Waals surface area contributed by atoms with Gasteiger partial charge in [-0.15, -0.1) is 0 Å². The summed E-state index contributed by atoms with van der Waals surface area (Å²) in [5.74, 6) is 2.63. The van der Waals surface area contributed by atoms with Gasteiger partial charge in [0.2, 0.25) is 0 Å². The van der Waals surface area contributed by atoms with Gasteiger partial charge >= 0.3 is 0 Å². The van der Waals surface area contributed by atoms with E-state index in [2.05, 4.69) is 36.1 Å². The summed E-state index contributed by atoms with van der Waals surface area (Å²) in [6, 6.07) is 0.766. The van der Waals surface area contributed by atoms with E-state index in [0.29, 0.717) is 0 Å². The SMILES string of the molecule is CN(C)CCC1CCSCCN1. The van der Waals surface area contributed by atoms with Gasteiger partial charge < -0.3 is 10.2 Å². The Bertz CT molecular complexity index is 109. The summed E-state index contributed by atoms with van der Waals surface area (Å²) in [6.45, 7) is 2.41. The molecule has 1 N–H and O–H groups in total. The van der Waals surface area contributed by atoms with Crippen molar-refractivity contribution in [1.82, 2.24) is 10.2 Å². The Morgan fingerprint density at radius 3 is 3.00 bits per heavy atom. The van der Waals surface area contributed by atoms with E-state index in [1.165, 1.54) is 37.4 Å². The van der Waals surface area contributed by atoms with Crippen LogP contribution in [-0.4, -0.2) is 49.6 Å². The van der Waals surface area contributed by atoms with E-state index >= 15 is 0 Å². The molecular weight excluding hydrogens is 168 g/mol. The Morgan fingerprint density at radius 2 is 2.25 bits per heavy atom. The molecule has 1 unspecified atom stereocenters. The molecule has 3 heteroatoms. The van der Waals surface area contributed by atoms with E-state index in [1.54, 1.807) is 0 Å². The second-order valence-corrected chi connectivity index (χ2v) is 4.87. The first-order valence-corrected chi connectivity index (χ1v) is 5.90. The van der Waals surface area contributed by atoms with Crippen LogP contribution in [0, 0.1) is 0 Å². The van der Waals surface area contributed by atoms with Gasteiger partial charge in [-0.25, -0.2) is 0 Å². The minimum absolute atomic E-state index is 0.766. The number of nitrogens with one attached hydrogen (secondary N) is 1. The fourth-order valence-corrected chi connectivity index (χ4v) is 2.34. The monoisotopic (exact) mass is 188 g/mol. The molecule has 1 rings (SSSR count). The maximum absolute atomic E-state index is 3.59. The lowest BCUT2D eigenvalue weighted by Crippen LogP contribution is -2.32. The number of hydrogen-bond acceptors (Lipinski definition) is 3. The molecular formula is C9H20N2S. The molecule has 1 fully saturated rings. The topological polar surface area (TPSA) is 15.3 Å². The van der Waals surface area contributed by atoms with Crippen molar-refractivity contribution in [3.63, 3.8) is 0 Å². The van der Waals surface area contributed by atoms with Crippen LogP contribution in [0.15, 0.2) is 0 Å². The summed E-state index contributed by atoms with van der Waals surface area (Å²) < 4.78 is 0. The second kappa shape index (κ2) is 5.84. The first-order valence-electron chi connectivity index (χ1n) is 4.75. The van der Waals surface area contributed by atoms with Gasteiger partial charge in [-0.1, -0.05) is 0 Å². The molecule has 0 spiro atoms. The third kappa shape index (κ3) is 4.33. The number of rotatable bonds is 3. The molecule has 0 radical (unpaired) electrons. The third-order valence-corrected chi connectivity index (χ3v) is 3.23. The van der Waals surface area contributed by atoms with E-state index in [4.69, 9.17) is 0 Å². The van der Waals surface area contributed by atoms with Crippen LogP contribution in [-0.2, 0) is 0 Å². The van der Waals surface area contributed by atoms with E-state index < -0.39 is 0 Å². The molecule has 0 amide bonds. The maximum Gasteiger partial charge on any atom is 0.00874 e. The van der Waals surface area contributed by atoms with E-state index in [1.807, 2.05) is 0 Å². The van der Waals surface area contributed by atoms with Gasteiger partial charge in [0.15, 0.2) is 0 Å². The molecule has 0 saturated carbocycles. The first kappa shape index (κ1) is 10.4. The minimum atomic E-state index is 0.766. The number of nitrogens with zero attached hydrogens (tertiary/aromatic N) is 1. The van der Waals surface area contributed by atoms with Crippen molar-refractivity contribution in [2.45, 2.75) is 18.9 Å². The highest BCUT2D eigenvalue weighted by molar-refractivity contribution is 7.99. The fraction of sp³-hybridized carbons (Fsp3) is 1.00. The molecule has 0 aliphatic carbocycles. The lowest BCUT2D eigenvalue weighted by atomic mass is 10.1. The van der Waals surface area contributed by atoms with E-state index in [9.17, 15) is 0 Å². The average Bonchev–Trinajstić information content (AvgIpc) is 2.28. The molecule has 72 valence electrons. The predicted octanol–water partition coefficient (Wildman–Crippen LogP) is 1.03. The lowest BCUT2D eigenvalue weighted by Gasteiger charge is -2.17. The van der Waals surface area contributed by atoms with Crippen molar-refractivity contribution >= 4 is 11.8 Å². The van der Waals surface area contributed by atoms with E-state index in [-0.39, 0.29) is 0 Å². The molecule has 1 atom stereocenters. The highest BCUT2D eigenvalue weighted by atomic mass is 32.2. The summed E-state index contributed by atoms with van der Waals surface area (Å²) in [5.41, 5.74) is 0. The van der Waals surface area contributed by atoms with Crippen LogP contribution >= 0.6 is 11.8 Å². The van der Waals surface area contributed by atoms with Crippen LogP contribution in [0.4, 0.5) is 0 Å². The summed E-state index contributed by atoms with van der Waals surface area (Å²) in [7, 11) is 4.29.